The highest BCUT2D eigenvalue weighted by atomic mass is 16.3. The Morgan fingerprint density at radius 3 is 2.85 bits per heavy atom. The molecule has 8 nitrogen and oxygen atoms in total. The van der Waals surface area contributed by atoms with E-state index in [9.17, 15) is 9.90 Å². The van der Waals surface area contributed by atoms with Gasteiger partial charge in [-0.2, -0.15) is 0 Å². The number of amides is 1. The molecule has 1 unspecified atom stereocenters. The molecule has 1 fully saturated rings. The van der Waals surface area contributed by atoms with Crippen molar-refractivity contribution < 1.29 is 9.90 Å². The number of hydrogen-bond donors (Lipinski definition) is 2. The minimum Gasteiger partial charge on any atom is -0.508 e. The van der Waals surface area contributed by atoms with E-state index in [2.05, 4.69) is 25.2 Å². The molecule has 168 valence electrons. The molecule has 1 aromatic carbocycles. The van der Waals surface area contributed by atoms with Crippen LogP contribution in [0.15, 0.2) is 67.4 Å². The molecule has 0 aliphatic carbocycles. The molecule has 3 aromatic heterocycles. The van der Waals surface area contributed by atoms with Crippen LogP contribution >= 0.6 is 0 Å². The van der Waals surface area contributed by atoms with E-state index in [1.165, 1.54) is 0 Å². The third-order valence-electron chi connectivity index (χ3n) is 5.95. The van der Waals surface area contributed by atoms with Gasteiger partial charge in [0.1, 0.15) is 11.3 Å². The Kier molecular flexibility index (Phi) is 5.99. The van der Waals surface area contributed by atoms with Gasteiger partial charge in [-0.1, -0.05) is 18.2 Å². The van der Waals surface area contributed by atoms with E-state index in [4.69, 9.17) is 0 Å². The third kappa shape index (κ3) is 5.01. The largest absolute Gasteiger partial charge is 0.508 e. The number of pyridine rings is 2. The summed E-state index contributed by atoms with van der Waals surface area (Å²) in [6, 6.07) is 13.1. The molecule has 1 amide bonds. The average Bonchev–Trinajstić information content (AvgIpc) is 3.22. The van der Waals surface area contributed by atoms with Crippen molar-refractivity contribution >= 4 is 17.1 Å². The minimum atomic E-state index is -0.129. The van der Waals surface area contributed by atoms with Crippen molar-refractivity contribution in [2.24, 2.45) is 0 Å². The van der Waals surface area contributed by atoms with Crippen molar-refractivity contribution in [3.05, 3.63) is 84.1 Å². The molecule has 1 aliphatic heterocycles. The number of hydrogen-bond acceptors (Lipinski definition) is 6. The van der Waals surface area contributed by atoms with Gasteiger partial charge in [0, 0.05) is 37.7 Å². The van der Waals surface area contributed by atoms with E-state index >= 15 is 0 Å². The lowest BCUT2D eigenvalue weighted by molar-refractivity contribution is 0.0900. The summed E-state index contributed by atoms with van der Waals surface area (Å²) >= 11 is 0. The Morgan fingerprint density at radius 2 is 2.00 bits per heavy atom. The number of aromatic hydroxyl groups is 1. The third-order valence-corrected chi connectivity index (χ3v) is 5.95. The monoisotopic (exact) mass is 442 g/mol. The maximum atomic E-state index is 12.9. The van der Waals surface area contributed by atoms with Crippen LogP contribution in [-0.2, 0) is 13.1 Å². The van der Waals surface area contributed by atoms with Gasteiger partial charge in [-0.05, 0) is 54.8 Å². The molecular weight excluding hydrogens is 416 g/mol. The van der Waals surface area contributed by atoms with Crippen LogP contribution < -0.4 is 5.32 Å². The van der Waals surface area contributed by atoms with Crippen LogP contribution in [0.25, 0.3) is 11.2 Å². The van der Waals surface area contributed by atoms with Gasteiger partial charge >= 0.3 is 0 Å². The first-order valence-corrected chi connectivity index (χ1v) is 11.1. The van der Waals surface area contributed by atoms with E-state index in [-0.39, 0.29) is 17.7 Å². The number of imidazole rings is 1. The number of fused-ring (bicyclic) bond motifs is 1. The number of nitrogens with zero attached hydrogens (tertiary/aromatic N) is 5. The SMILES string of the molecule is O=C(NC1CCCN(Cc2cccc(O)c2)C1)c1cnc2c(c1)ncn2Cc1cccnc1. The molecule has 0 radical (unpaired) electrons. The van der Waals surface area contributed by atoms with Crippen molar-refractivity contribution in [2.75, 3.05) is 13.1 Å². The highest BCUT2D eigenvalue weighted by Gasteiger charge is 2.22. The van der Waals surface area contributed by atoms with Gasteiger partial charge in [0.2, 0.25) is 0 Å². The fourth-order valence-electron chi connectivity index (χ4n) is 4.38. The second-order valence-corrected chi connectivity index (χ2v) is 8.52. The summed E-state index contributed by atoms with van der Waals surface area (Å²) in [4.78, 5) is 28.3. The molecule has 1 saturated heterocycles. The van der Waals surface area contributed by atoms with Gasteiger partial charge in [-0.15, -0.1) is 0 Å². The quantitative estimate of drug-likeness (QED) is 0.477. The fraction of sp³-hybridized carbons (Fsp3) is 0.280. The van der Waals surface area contributed by atoms with Crippen LogP contribution in [0.2, 0.25) is 0 Å². The predicted octanol–water partition coefficient (Wildman–Crippen LogP) is 2.97. The van der Waals surface area contributed by atoms with Crippen molar-refractivity contribution in [2.45, 2.75) is 32.0 Å². The van der Waals surface area contributed by atoms with Crippen LogP contribution in [-0.4, -0.2) is 54.6 Å². The summed E-state index contributed by atoms with van der Waals surface area (Å²) in [6.45, 7) is 3.13. The highest BCUT2D eigenvalue weighted by Crippen LogP contribution is 2.18. The first kappa shape index (κ1) is 21.1. The molecule has 0 bridgehead atoms. The lowest BCUT2D eigenvalue weighted by Gasteiger charge is -2.33. The van der Waals surface area contributed by atoms with E-state index in [0.717, 1.165) is 49.2 Å². The normalized spacial score (nSPS) is 16.7. The number of nitrogens with one attached hydrogen (secondary N) is 1. The molecule has 33 heavy (non-hydrogen) atoms. The Hall–Kier alpha value is -3.78. The van der Waals surface area contributed by atoms with Crippen LogP contribution in [0.3, 0.4) is 0 Å². The lowest BCUT2D eigenvalue weighted by Crippen LogP contribution is -2.47. The molecule has 0 saturated carbocycles. The van der Waals surface area contributed by atoms with E-state index < -0.39 is 0 Å². The summed E-state index contributed by atoms with van der Waals surface area (Å²) in [7, 11) is 0. The number of aromatic nitrogens is 4. The van der Waals surface area contributed by atoms with Crippen molar-refractivity contribution in [1.82, 2.24) is 29.7 Å². The predicted molar refractivity (Wildman–Crippen MR) is 125 cm³/mol. The number of carbonyl (C=O) groups is 1. The summed E-state index contributed by atoms with van der Waals surface area (Å²) in [5.74, 6) is 0.149. The molecule has 4 heterocycles. The van der Waals surface area contributed by atoms with Gasteiger partial charge < -0.3 is 15.0 Å². The number of rotatable bonds is 6. The summed E-state index contributed by atoms with van der Waals surface area (Å²) in [5, 5.41) is 12.9. The Bertz CT molecular complexity index is 1260. The second-order valence-electron chi connectivity index (χ2n) is 8.52. The van der Waals surface area contributed by atoms with Gasteiger partial charge in [0.05, 0.1) is 18.4 Å². The van der Waals surface area contributed by atoms with Crippen LogP contribution in [0.5, 0.6) is 5.75 Å². The van der Waals surface area contributed by atoms with Crippen LogP contribution in [0.1, 0.15) is 34.3 Å². The van der Waals surface area contributed by atoms with Gasteiger partial charge in [0.15, 0.2) is 5.65 Å². The first-order valence-electron chi connectivity index (χ1n) is 11.1. The number of phenols is 1. The van der Waals surface area contributed by atoms with Crippen molar-refractivity contribution in [3.8, 4) is 5.75 Å². The molecule has 5 rings (SSSR count). The smallest absolute Gasteiger partial charge is 0.253 e. The fourth-order valence-corrected chi connectivity index (χ4v) is 4.38. The number of carbonyl (C=O) groups excluding carboxylic acids is 1. The standard InChI is InChI=1S/C25H26N6O2/c32-22-7-1-4-18(10-22)14-30-9-3-6-21(16-30)29-25(33)20-11-23-24(27-13-20)31(17-28-23)15-19-5-2-8-26-12-19/h1-2,4-5,7-8,10-13,17,21,32H,3,6,9,14-16H2,(H,29,33). The second kappa shape index (κ2) is 9.38. The molecule has 1 aliphatic rings. The molecule has 0 spiro atoms. The van der Waals surface area contributed by atoms with Gasteiger partial charge in [0.25, 0.3) is 5.91 Å². The van der Waals surface area contributed by atoms with Gasteiger partial charge in [-0.3, -0.25) is 14.7 Å². The molecule has 1 atom stereocenters. The Balaban J connectivity index is 1.23. The first-order chi connectivity index (χ1) is 16.1. The molecule has 4 aromatic rings. The molecule has 2 N–H and O–H groups in total. The zero-order valence-corrected chi connectivity index (χ0v) is 18.3. The zero-order chi connectivity index (χ0) is 22.6. The Labute approximate surface area is 191 Å². The van der Waals surface area contributed by atoms with E-state index in [1.807, 2.05) is 35.0 Å². The van der Waals surface area contributed by atoms with Crippen molar-refractivity contribution in [3.63, 3.8) is 0 Å². The number of piperidine rings is 1. The summed E-state index contributed by atoms with van der Waals surface area (Å²) < 4.78 is 1.95. The number of benzene rings is 1. The topological polar surface area (TPSA) is 96.2 Å². The van der Waals surface area contributed by atoms with Crippen LogP contribution in [0.4, 0.5) is 0 Å². The maximum Gasteiger partial charge on any atom is 0.253 e. The zero-order valence-electron chi connectivity index (χ0n) is 18.3. The average molecular weight is 443 g/mol. The number of likely N-dealkylation sites (tertiary alicyclic amines) is 1. The number of phenolic OH excluding ortho intramolecular Hbond substituents is 1. The maximum absolute atomic E-state index is 12.9. The Morgan fingerprint density at radius 1 is 1.09 bits per heavy atom. The van der Waals surface area contributed by atoms with Crippen molar-refractivity contribution in [1.29, 1.82) is 0 Å². The van der Waals surface area contributed by atoms with Crippen LogP contribution in [0, 0.1) is 0 Å². The lowest BCUT2D eigenvalue weighted by atomic mass is 10.0. The molecule has 8 heteroatoms. The minimum absolute atomic E-state index is 0.0717. The molecular formula is C25H26N6O2. The summed E-state index contributed by atoms with van der Waals surface area (Å²) in [6.07, 6.45) is 8.88. The highest BCUT2D eigenvalue weighted by molar-refractivity contribution is 5.96. The van der Waals surface area contributed by atoms with E-state index in [1.54, 1.807) is 36.9 Å². The van der Waals surface area contributed by atoms with E-state index in [0.29, 0.717) is 17.6 Å². The van der Waals surface area contributed by atoms with Gasteiger partial charge in [-0.25, -0.2) is 9.97 Å². The summed E-state index contributed by atoms with van der Waals surface area (Å²) in [5.41, 5.74) is 4.08.